The van der Waals surface area contributed by atoms with Crippen molar-refractivity contribution in [1.29, 1.82) is 0 Å². The Morgan fingerprint density at radius 3 is 2.62 bits per heavy atom. The van der Waals surface area contributed by atoms with Crippen molar-refractivity contribution in [2.75, 3.05) is 17.4 Å². The van der Waals surface area contributed by atoms with Crippen LogP contribution in [0.1, 0.15) is 16.9 Å². The van der Waals surface area contributed by atoms with Crippen LogP contribution in [0.25, 0.3) is 0 Å². The molecule has 3 N–H and O–H groups in total. The summed E-state index contributed by atoms with van der Waals surface area (Å²) in [4.78, 5) is 5.63. The van der Waals surface area contributed by atoms with Gasteiger partial charge in [0.05, 0.1) is 11.8 Å². The third-order valence-corrected chi connectivity index (χ3v) is 3.05. The maximum absolute atomic E-state index is 12.9. The molecule has 2 heterocycles. The summed E-state index contributed by atoms with van der Waals surface area (Å²) < 4.78 is 43.7. The average Bonchev–Trinajstić information content (AvgIpc) is 2.82. The molecule has 0 saturated heterocycles. The van der Waals surface area contributed by atoms with E-state index in [1.165, 1.54) is 6.26 Å². The predicted octanol–water partition coefficient (Wildman–Crippen LogP) is 2.92. The van der Waals surface area contributed by atoms with Gasteiger partial charge in [0.2, 0.25) is 0 Å². The summed E-state index contributed by atoms with van der Waals surface area (Å²) in [5.41, 5.74) is 2.21. The Hall–Kier alpha value is -2.22. The molecule has 114 valence electrons. The van der Waals surface area contributed by atoms with E-state index in [9.17, 15) is 13.2 Å². The first-order chi connectivity index (χ1) is 9.81. The summed E-state index contributed by atoms with van der Waals surface area (Å²) in [5, 5.41) is 0. The van der Waals surface area contributed by atoms with E-state index in [0.717, 1.165) is 17.7 Å². The van der Waals surface area contributed by atoms with Gasteiger partial charge in [-0.3, -0.25) is 0 Å². The Balaban J connectivity index is 2.32. The highest BCUT2D eigenvalue weighted by molar-refractivity contribution is 5.50. The lowest BCUT2D eigenvalue weighted by Crippen LogP contribution is -2.20. The number of aromatic nitrogens is 1. The number of rotatable bonds is 4. The number of halogens is 3. The van der Waals surface area contributed by atoms with Gasteiger partial charge in [-0.1, -0.05) is 0 Å². The summed E-state index contributed by atoms with van der Waals surface area (Å²) in [6.07, 6.45) is -2.93. The van der Waals surface area contributed by atoms with Crippen LogP contribution in [0.15, 0.2) is 28.9 Å². The van der Waals surface area contributed by atoms with Gasteiger partial charge >= 0.3 is 6.18 Å². The highest BCUT2D eigenvalue weighted by Crippen LogP contribution is 2.32. The number of pyridine rings is 1. The van der Waals surface area contributed by atoms with E-state index in [1.54, 1.807) is 24.9 Å². The van der Waals surface area contributed by atoms with Gasteiger partial charge in [-0.25, -0.2) is 10.8 Å². The zero-order valence-electron chi connectivity index (χ0n) is 11.5. The standard InChI is InChI=1S/C13H15F3N4O/c1-8-9(3-4-21-8)7-20(2)12-6-10(13(14,15)16)5-11(18-12)19-17/h3-6H,7,17H2,1-2H3,(H,18,19). The van der Waals surface area contributed by atoms with Crippen LogP contribution in [-0.2, 0) is 12.7 Å². The van der Waals surface area contributed by atoms with E-state index in [0.29, 0.717) is 12.3 Å². The summed E-state index contributed by atoms with van der Waals surface area (Å²) in [6, 6.07) is 3.61. The lowest BCUT2D eigenvalue weighted by molar-refractivity contribution is -0.137. The fraction of sp³-hybridized carbons (Fsp3) is 0.308. The minimum Gasteiger partial charge on any atom is -0.469 e. The zero-order valence-corrected chi connectivity index (χ0v) is 11.5. The quantitative estimate of drug-likeness (QED) is 0.671. The maximum atomic E-state index is 12.9. The number of alkyl halides is 3. The van der Waals surface area contributed by atoms with Crippen molar-refractivity contribution in [3.05, 3.63) is 41.3 Å². The van der Waals surface area contributed by atoms with E-state index >= 15 is 0 Å². The SMILES string of the molecule is Cc1occc1CN(C)c1cc(C(F)(F)F)cc(NN)n1. The largest absolute Gasteiger partial charge is 0.469 e. The van der Waals surface area contributed by atoms with Gasteiger partial charge in [0.1, 0.15) is 17.4 Å². The van der Waals surface area contributed by atoms with E-state index in [1.807, 2.05) is 0 Å². The van der Waals surface area contributed by atoms with Gasteiger partial charge in [0.15, 0.2) is 0 Å². The highest BCUT2D eigenvalue weighted by Gasteiger charge is 2.32. The minimum atomic E-state index is -4.46. The lowest BCUT2D eigenvalue weighted by Gasteiger charge is -2.20. The van der Waals surface area contributed by atoms with Gasteiger partial charge in [0, 0.05) is 19.2 Å². The van der Waals surface area contributed by atoms with Gasteiger partial charge in [-0.05, 0) is 25.1 Å². The topological polar surface area (TPSA) is 67.3 Å². The van der Waals surface area contributed by atoms with E-state index in [4.69, 9.17) is 10.3 Å². The molecule has 0 saturated carbocycles. The molecular formula is C13H15F3N4O. The first kappa shape index (κ1) is 15.2. The van der Waals surface area contributed by atoms with Crippen LogP contribution in [0.2, 0.25) is 0 Å². The normalized spacial score (nSPS) is 11.5. The molecule has 0 bridgehead atoms. The number of nitrogen functional groups attached to an aromatic ring is 1. The Kier molecular flexibility index (Phi) is 4.08. The molecule has 0 aromatic carbocycles. The van der Waals surface area contributed by atoms with Gasteiger partial charge in [-0.15, -0.1) is 0 Å². The van der Waals surface area contributed by atoms with Crippen molar-refractivity contribution in [2.45, 2.75) is 19.6 Å². The monoisotopic (exact) mass is 300 g/mol. The summed E-state index contributed by atoms with van der Waals surface area (Å²) in [5.74, 6) is 6.01. The van der Waals surface area contributed by atoms with Gasteiger partial charge in [0.25, 0.3) is 0 Å². The summed E-state index contributed by atoms with van der Waals surface area (Å²) >= 11 is 0. The van der Waals surface area contributed by atoms with E-state index in [-0.39, 0.29) is 11.6 Å². The van der Waals surface area contributed by atoms with Crippen molar-refractivity contribution in [2.24, 2.45) is 5.84 Å². The maximum Gasteiger partial charge on any atom is 0.416 e. The first-order valence-electron chi connectivity index (χ1n) is 6.11. The number of hydrogen-bond donors (Lipinski definition) is 2. The molecule has 0 atom stereocenters. The Labute approximate surface area is 119 Å². The molecular weight excluding hydrogens is 285 g/mol. The molecule has 0 unspecified atom stereocenters. The number of nitrogens with one attached hydrogen (secondary N) is 1. The summed E-state index contributed by atoms with van der Waals surface area (Å²) in [7, 11) is 1.65. The fourth-order valence-electron chi connectivity index (χ4n) is 1.86. The number of nitrogens with zero attached hydrogens (tertiary/aromatic N) is 2. The van der Waals surface area contributed by atoms with Crippen LogP contribution in [0.3, 0.4) is 0 Å². The second-order valence-corrected chi connectivity index (χ2v) is 4.60. The van der Waals surface area contributed by atoms with E-state index in [2.05, 4.69) is 10.4 Å². The second kappa shape index (κ2) is 5.65. The second-order valence-electron chi connectivity index (χ2n) is 4.60. The van der Waals surface area contributed by atoms with Crippen LogP contribution in [-0.4, -0.2) is 12.0 Å². The van der Waals surface area contributed by atoms with Crippen LogP contribution in [0, 0.1) is 6.92 Å². The molecule has 0 aliphatic carbocycles. The smallest absolute Gasteiger partial charge is 0.416 e. The Bertz CT molecular complexity index is 624. The molecule has 0 amide bonds. The predicted molar refractivity (Wildman–Crippen MR) is 72.6 cm³/mol. The molecule has 2 aromatic heterocycles. The number of aryl methyl sites for hydroxylation is 1. The van der Waals surface area contributed by atoms with E-state index < -0.39 is 11.7 Å². The first-order valence-corrected chi connectivity index (χ1v) is 6.11. The van der Waals surface area contributed by atoms with Crippen LogP contribution in [0.5, 0.6) is 0 Å². The molecule has 21 heavy (non-hydrogen) atoms. The van der Waals surface area contributed by atoms with Crippen molar-refractivity contribution in [1.82, 2.24) is 4.98 Å². The zero-order chi connectivity index (χ0) is 15.6. The Morgan fingerprint density at radius 2 is 2.10 bits per heavy atom. The molecule has 2 rings (SSSR count). The summed E-state index contributed by atoms with van der Waals surface area (Å²) in [6.45, 7) is 2.16. The third-order valence-electron chi connectivity index (χ3n) is 3.05. The van der Waals surface area contributed by atoms with Crippen LogP contribution in [0.4, 0.5) is 24.8 Å². The number of hydrazine groups is 1. The van der Waals surface area contributed by atoms with Crippen molar-refractivity contribution in [3.63, 3.8) is 0 Å². The lowest BCUT2D eigenvalue weighted by atomic mass is 10.2. The fourth-order valence-corrected chi connectivity index (χ4v) is 1.86. The molecule has 2 aromatic rings. The number of nitrogens with two attached hydrogens (primary N) is 1. The van der Waals surface area contributed by atoms with Gasteiger partial charge < -0.3 is 14.7 Å². The molecule has 0 aliphatic heterocycles. The Morgan fingerprint density at radius 1 is 1.38 bits per heavy atom. The van der Waals surface area contributed by atoms with Crippen LogP contribution >= 0.6 is 0 Å². The number of anilines is 2. The van der Waals surface area contributed by atoms with Crippen molar-refractivity contribution >= 4 is 11.6 Å². The average molecular weight is 300 g/mol. The number of hydrogen-bond acceptors (Lipinski definition) is 5. The third kappa shape index (κ3) is 3.46. The highest BCUT2D eigenvalue weighted by atomic mass is 19.4. The molecule has 8 heteroatoms. The number of furan rings is 1. The van der Waals surface area contributed by atoms with Crippen molar-refractivity contribution in [3.8, 4) is 0 Å². The molecule has 0 radical (unpaired) electrons. The molecule has 5 nitrogen and oxygen atoms in total. The van der Waals surface area contributed by atoms with Crippen LogP contribution < -0.4 is 16.2 Å². The molecule has 0 fully saturated rings. The molecule has 0 aliphatic rings. The minimum absolute atomic E-state index is 0.0457. The molecule has 0 spiro atoms. The van der Waals surface area contributed by atoms with Crippen molar-refractivity contribution < 1.29 is 17.6 Å². The van der Waals surface area contributed by atoms with Gasteiger partial charge in [-0.2, -0.15) is 13.2 Å².